The number of hydrogen-bond acceptors (Lipinski definition) is 0. The Hall–Kier alpha value is 0.798. The average molecular weight is 249 g/mol. The first-order valence-electron chi connectivity index (χ1n) is 1.65. The molecule has 0 fully saturated rings. The van der Waals surface area contributed by atoms with Crippen molar-refractivity contribution in [2.45, 2.75) is 0 Å². The summed E-state index contributed by atoms with van der Waals surface area (Å²) in [6, 6.07) is 4.35. The molecule has 1 aromatic rings. The van der Waals surface area contributed by atoms with E-state index in [1.54, 1.807) is 25.0 Å². The number of rotatable bonds is 0. The van der Waals surface area contributed by atoms with Gasteiger partial charge in [0.25, 0.3) is 0 Å². The van der Waals surface area contributed by atoms with Crippen LogP contribution in [-0.2, 0) is 0 Å². The molecule has 0 aliphatic heterocycles. The van der Waals surface area contributed by atoms with Gasteiger partial charge in [-0.25, -0.2) is 0 Å². The third-order valence-electron chi connectivity index (χ3n) is 0.521. The molecule has 0 saturated heterocycles. The van der Waals surface area contributed by atoms with Gasteiger partial charge < -0.3 is 0 Å². The van der Waals surface area contributed by atoms with E-state index >= 15 is 0 Å². The fourth-order valence-electron chi connectivity index (χ4n) is 0.279. The molecule has 0 atom stereocenters. The van der Waals surface area contributed by atoms with Crippen LogP contribution in [0, 0.1) is 0 Å². The fraction of sp³-hybridized carbons (Fsp3) is 0. The first kappa shape index (κ1) is 4.95. The Morgan fingerprint density at radius 2 is 2.50 bits per heavy atom. The summed E-state index contributed by atoms with van der Waals surface area (Å²) in [6.45, 7) is 0. The van der Waals surface area contributed by atoms with E-state index in [1.807, 2.05) is 0 Å². The zero-order chi connectivity index (χ0) is 4.41. The van der Waals surface area contributed by atoms with Gasteiger partial charge in [0, 0.05) is 0 Å². The summed E-state index contributed by atoms with van der Waals surface area (Å²) >= 11 is 2.34. The summed E-state index contributed by atoms with van der Waals surface area (Å²) in [4.78, 5) is 2.25. The molecule has 0 amide bonds. The van der Waals surface area contributed by atoms with E-state index in [0.29, 0.717) is 0 Å². The van der Waals surface area contributed by atoms with E-state index < -0.39 is 0 Å². The van der Waals surface area contributed by atoms with Gasteiger partial charge in [-0.2, -0.15) is 0 Å². The SMILES string of the molecule is [Sn][c]1ccc[se]1. The predicted octanol–water partition coefficient (Wildman–Crippen LogP) is -0.463. The Morgan fingerprint density at radius 3 is 2.67 bits per heavy atom. The minimum absolute atomic E-state index is 0.748. The Morgan fingerprint density at radius 1 is 1.67 bits per heavy atom. The molecule has 0 saturated carbocycles. The molecule has 2 heteroatoms. The van der Waals surface area contributed by atoms with Gasteiger partial charge >= 0.3 is 56.6 Å². The maximum absolute atomic E-state index is 2.25. The van der Waals surface area contributed by atoms with E-state index in [1.165, 1.54) is 0 Å². The van der Waals surface area contributed by atoms with Gasteiger partial charge in [0.15, 0.2) is 0 Å². The van der Waals surface area contributed by atoms with Crippen molar-refractivity contribution in [3.05, 3.63) is 17.1 Å². The van der Waals surface area contributed by atoms with E-state index in [4.69, 9.17) is 0 Å². The Balaban J connectivity index is 3.05. The predicted molar refractivity (Wildman–Crippen MR) is 28.8 cm³/mol. The Labute approximate surface area is 56.4 Å². The molecule has 0 nitrogen and oxygen atoms in total. The van der Waals surface area contributed by atoms with Gasteiger partial charge in [-0.3, -0.25) is 0 Å². The normalized spacial score (nSPS) is 8.83. The molecular formula is C4H3SeSn. The van der Waals surface area contributed by atoms with Crippen LogP contribution in [-0.4, -0.2) is 37.0 Å². The van der Waals surface area contributed by atoms with Gasteiger partial charge in [0.2, 0.25) is 0 Å². The Kier molecular flexibility index (Phi) is 1.81. The van der Waals surface area contributed by atoms with Crippen LogP contribution in [0.15, 0.2) is 17.1 Å². The van der Waals surface area contributed by atoms with E-state index in [9.17, 15) is 0 Å². The third kappa shape index (κ3) is 1.14. The molecule has 0 aliphatic carbocycles. The summed E-state index contributed by atoms with van der Waals surface area (Å²) in [7, 11) is 0. The van der Waals surface area contributed by atoms with Crippen molar-refractivity contribution in [3.8, 4) is 0 Å². The summed E-state index contributed by atoms with van der Waals surface area (Å²) < 4.78 is 1.62. The van der Waals surface area contributed by atoms with Crippen molar-refractivity contribution in [3.63, 3.8) is 0 Å². The molecule has 1 aromatic heterocycles. The van der Waals surface area contributed by atoms with Crippen molar-refractivity contribution >= 4 is 39.5 Å². The third-order valence-corrected chi connectivity index (χ3v) is 4.18. The molecule has 0 bridgehead atoms. The van der Waals surface area contributed by atoms with E-state index in [0.717, 1.165) is 14.5 Å². The van der Waals surface area contributed by atoms with Crippen molar-refractivity contribution in [1.29, 1.82) is 0 Å². The second-order valence-electron chi connectivity index (χ2n) is 0.977. The molecule has 0 aromatic carbocycles. The van der Waals surface area contributed by atoms with Gasteiger partial charge in [-0.05, 0) is 0 Å². The monoisotopic (exact) mass is 251 g/mol. The van der Waals surface area contributed by atoms with Crippen LogP contribution in [0.5, 0.6) is 0 Å². The first-order valence-corrected chi connectivity index (χ1v) is 4.92. The zero-order valence-electron chi connectivity index (χ0n) is 3.14. The van der Waals surface area contributed by atoms with Gasteiger partial charge in [0.1, 0.15) is 0 Å². The van der Waals surface area contributed by atoms with Crippen LogP contribution in [0.25, 0.3) is 0 Å². The topological polar surface area (TPSA) is 0 Å². The molecule has 0 unspecified atom stereocenters. The quantitative estimate of drug-likeness (QED) is 0.545. The van der Waals surface area contributed by atoms with E-state index in [-0.39, 0.29) is 0 Å². The summed E-state index contributed by atoms with van der Waals surface area (Å²) in [5, 5.41) is 0. The molecule has 0 spiro atoms. The van der Waals surface area contributed by atoms with Gasteiger partial charge in [-0.1, -0.05) is 0 Å². The standard InChI is InChI=1S/C4H3Se.Sn/c1-2-4-5-3-1;/h1-3H;. The summed E-state index contributed by atoms with van der Waals surface area (Å²) in [5.41, 5.74) is 0. The fourth-order valence-corrected chi connectivity index (χ4v) is 2.53. The van der Waals surface area contributed by atoms with Crippen molar-refractivity contribution < 1.29 is 0 Å². The molecular weight excluding hydrogens is 246 g/mol. The van der Waals surface area contributed by atoms with Crippen LogP contribution in [0.2, 0.25) is 0 Å². The van der Waals surface area contributed by atoms with Gasteiger partial charge in [0.05, 0.1) is 0 Å². The van der Waals surface area contributed by atoms with Gasteiger partial charge in [-0.15, -0.1) is 0 Å². The second-order valence-corrected chi connectivity index (χ2v) is 6.82. The molecule has 0 N–H and O–H groups in total. The second kappa shape index (κ2) is 2.20. The average Bonchev–Trinajstić information content (AvgIpc) is 1.86. The van der Waals surface area contributed by atoms with Crippen molar-refractivity contribution in [1.82, 2.24) is 0 Å². The first-order chi connectivity index (χ1) is 2.89. The Bertz CT molecular complexity index is 111. The molecule has 29 valence electrons. The van der Waals surface area contributed by atoms with Crippen LogP contribution in [0.4, 0.5) is 0 Å². The summed E-state index contributed by atoms with van der Waals surface area (Å²) in [5.74, 6) is 0. The molecule has 6 heavy (non-hydrogen) atoms. The van der Waals surface area contributed by atoms with Crippen LogP contribution in [0.3, 0.4) is 0 Å². The van der Waals surface area contributed by atoms with Crippen LogP contribution in [0.1, 0.15) is 0 Å². The number of hydrogen-bond donors (Lipinski definition) is 0. The van der Waals surface area contributed by atoms with Crippen LogP contribution < -0.4 is 2.45 Å². The van der Waals surface area contributed by atoms with E-state index in [2.05, 4.69) is 17.1 Å². The van der Waals surface area contributed by atoms with Crippen molar-refractivity contribution in [2.24, 2.45) is 0 Å². The minimum atomic E-state index is 0.748. The molecule has 0 aliphatic rings. The van der Waals surface area contributed by atoms with Crippen LogP contribution >= 0.6 is 0 Å². The maximum atomic E-state index is 2.25. The summed E-state index contributed by atoms with van der Waals surface area (Å²) in [6.07, 6.45) is 0. The zero-order valence-corrected chi connectivity index (χ0v) is 7.71. The molecule has 1 heterocycles. The molecule has 3 radical (unpaired) electrons. The van der Waals surface area contributed by atoms with Crippen molar-refractivity contribution in [2.75, 3.05) is 0 Å². The molecule has 1 rings (SSSR count).